The van der Waals surface area contributed by atoms with Gasteiger partial charge >= 0.3 is 5.97 Å². The van der Waals surface area contributed by atoms with Crippen molar-refractivity contribution in [1.82, 2.24) is 4.57 Å². The molecule has 0 spiro atoms. The van der Waals surface area contributed by atoms with E-state index in [4.69, 9.17) is 5.26 Å². The monoisotopic (exact) mass is 354 g/mol. The summed E-state index contributed by atoms with van der Waals surface area (Å²) in [6.45, 7) is -0.0166. The summed E-state index contributed by atoms with van der Waals surface area (Å²) in [5.74, 6) is -1.38. The molecule has 0 aliphatic rings. The van der Waals surface area contributed by atoms with Gasteiger partial charge in [-0.1, -0.05) is 24.3 Å². The van der Waals surface area contributed by atoms with E-state index in [0.29, 0.717) is 16.5 Å². The Morgan fingerprint density at radius 3 is 2.48 bits per heavy atom. The maximum absolute atomic E-state index is 12.5. The van der Waals surface area contributed by atoms with Crippen molar-refractivity contribution >= 4 is 26.7 Å². The fourth-order valence-corrected chi connectivity index (χ4v) is 3.93. The molecule has 126 valence electrons. The van der Waals surface area contributed by atoms with Crippen LogP contribution in [0.25, 0.3) is 10.9 Å². The molecule has 1 heterocycles. The molecule has 1 N–H and O–H groups in total. The van der Waals surface area contributed by atoms with Gasteiger partial charge in [0, 0.05) is 11.9 Å². The molecule has 0 bridgehead atoms. The predicted octanol–water partition coefficient (Wildman–Crippen LogP) is 2.69. The normalized spacial score (nSPS) is 11.3. The molecular formula is C18H14N2O4S. The minimum absolute atomic E-state index is 0.00616. The predicted molar refractivity (Wildman–Crippen MR) is 92.1 cm³/mol. The summed E-state index contributed by atoms with van der Waals surface area (Å²) >= 11 is 0. The zero-order valence-electron chi connectivity index (χ0n) is 13.1. The fourth-order valence-electron chi connectivity index (χ4n) is 2.70. The summed E-state index contributed by atoms with van der Waals surface area (Å²) in [6, 6.07) is 16.3. The molecule has 0 unspecified atom stereocenters. The van der Waals surface area contributed by atoms with Crippen molar-refractivity contribution in [3.05, 3.63) is 65.9 Å². The lowest BCUT2D eigenvalue weighted by atomic mass is 10.2. The van der Waals surface area contributed by atoms with E-state index in [-0.39, 0.29) is 22.9 Å². The number of nitrogens with zero attached hydrogens (tertiary/aromatic N) is 2. The van der Waals surface area contributed by atoms with Gasteiger partial charge in [-0.3, -0.25) is 0 Å². The first-order valence-electron chi connectivity index (χ1n) is 7.47. The molecule has 25 heavy (non-hydrogen) atoms. The quantitative estimate of drug-likeness (QED) is 0.759. The largest absolute Gasteiger partial charge is 0.477 e. The topological polar surface area (TPSA) is 100 Å². The molecule has 3 rings (SSSR count). The van der Waals surface area contributed by atoms with Crippen molar-refractivity contribution in [3.8, 4) is 6.07 Å². The van der Waals surface area contributed by atoms with Crippen LogP contribution in [-0.2, 0) is 16.4 Å². The van der Waals surface area contributed by atoms with Crippen molar-refractivity contribution < 1.29 is 18.3 Å². The maximum atomic E-state index is 12.5. The van der Waals surface area contributed by atoms with Gasteiger partial charge < -0.3 is 9.67 Å². The number of hydrogen-bond acceptors (Lipinski definition) is 4. The highest BCUT2D eigenvalue weighted by Gasteiger charge is 2.19. The Balaban J connectivity index is 2.02. The minimum atomic E-state index is -3.54. The Morgan fingerprint density at radius 2 is 1.84 bits per heavy atom. The van der Waals surface area contributed by atoms with Gasteiger partial charge in [-0.25, -0.2) is 13.2 Å². The number of aryl methyl sites for hydroxylation is 1. The highest BCUT2D eigenvalue weighted by atomic mass is 32.2. The van der Waals surface area contributed by atoms with E-state index >= 15 is 0 Å². The van der Waals surface area contributed by atoms with Crippen LogP contribution in [0.4, 0.5) is 0 Å². The van der Waals surface area contributed by atoms with Gasteiger partial charge in [-0.15, -0.1) is 0 Å². The van der Waals surface area contributed by atoms with Crippen LogP contribution in [0.2, 0.25) is 0 Å². The summed E-state index contributed by atoms with van der Waals surface area (Å²) in [4.78, 5) is 11.7. The maximum Gasteiger partial charge on any atom is 0.352 e. The van der Waals surface area contributed by atoms with Gasteiger partial charge in [0.15, 0.2) is 9.84 Å². The molecule has 2 aromatic carbocycles. The number of aromatic carboxylic acids is 1. The Labute approximate surface area is 144 Å². The Kier molecular flexibility index (Phi) is 4.30. The van der Waals surface area contributed by atoms with Crippen LogP contribution in [0, 0.1) is 11.3 Å². The van der Waals surface area contributed by atoms with E-state index in [1.807, 2.05) is 6.07 Å². The van der Waals surface area contributed by atoms with Gasteiger partial charge in [0.2, 0.25) is 0 Å². The second-order valence-electron chi connectivity index (χ2n) is 5.50. The highest BCUT2D eigenvalue weighted by molar-refractivity contribution is 7.91. The van der Waals surface area contributed by atoms with E-state index in [1.165, 1.54) is 22.8 Å². The highest BCUT2D eigenvalue weighted by Crippen LogP contribution is 2.22. The smallest absolute Gasteiger partial charge is 0.352 e. The minimum Gasteiger partial charge on any atom is -0.477 e. The van der Waals surface area contributed by atoms with E-state index in [2.05, 4.69) is 0 Å². The van der Waals surface area contributed by atoms with Gasteiger partial charge in [0.25, 0.3) is 0 Å². The van der Waals surface area contributed by atoms with Crippen LogP contribution >= 0.6 is 0 Å². The van der Waals surface area contributed by atoms with Gasteiger partial charge in [-0.05, 0) is 30.3 Å². The Bertz CT molecular complexity index is 1090. The van der Waals surface area contributed by atoms with Gasteiger partial charge in [-0.2, -0.15) is 5.26 Å². The van der Waals surface area contributed by atoms with Crippen molar-refractivity contribution in [2.75, 3.05) is 5.75 Å². The zero-order valence-corrected chi connectivity index (χ0v) is 13.9. The second kappa shape index (κ2) is 6.42. The number of carboxylic acid groups (broad SMARTS) is 1. The van der Waals surface area contributed by atoms with Crippen molar-refractivity contribution in [2.45, 2.75) is 11.4 Å². The average Bonchev–Trinajstić information content (AvgIpc) is 2.98. The van der Waals surface area contributed by atoms with Crippen LogP contribution in [0.3, 0.4) is 0 Å². The van der Waals surface area contributed by atoms with Crippen LogP contribution in [0.1, 0.15) is 16.1 Å². The summed E-state index contributed by atoms with van der Waals surface area (Å²) in [5, 5.41) is 19.1. The number of nitriles is 1. The van der Waals surface area contributed by atoms with Crippen molar-refractivity contribution in [3.63, 3.8) is 0 Å². The van der Waals surface area contributed by atoms with E-state index < -0.39 is 15.8 Å². The number of hydrogen-bond donors (Lipinski definition) is 1. The SMILES string of the molecule is N#Cc1ccc2cc(C(=O)O)n(CCS(=O)(=O)c3ccccc3)c2c1. The molecule has 0 aliphatic carbocycles. The lowest BCUT2D eigenvalue weighted by Gasteiger charge is -2.09. The Hall–Kier alpha value is -3.11. The molecule has 0 radical (unpaired) electrons. The van der Waals surface area contributed by atoms with Crippen molar-refractivity contribution in [2.24, 2.45) is 0 Å². The third-order valence-electron chi connectivity index (χ3n) is 3.94. The number of carbonyl (C=O) groups is 1. The average molecular weight is 354 g/mol. The molecular weight excluding hydrogens is 340 g/mol. The summed E-state index contributed by atoms with van der Waals surface area (Å²) in [7, 11) is -3.54. The Morgan fingerprint density at radius 1 is 1.12 bits per heavy atom. The fraction of sp³-hybridized carbons (Fsp3) is 0.111. The molecule has 0 aliphatic heterocycles. The third-order valence-corrected chi connectivity index (χ3v) is 5.65. The first-order chi connectivity index (χ1) is 11.9. The number of benzene rings is 2. The van der Waals surface area contributed by atoms with Crippen LogP contribution in [0.5, 0.6) is 0 Å². The van der Waals surface area contributed by atoms with E-state index in [1.54, 1.807) is 36.4 Å². The summed E-state index contributed by atoms with van der Waals surface area (Å²) < 4.78 is 26.3. The van der Waals surface area contributed by atoms with Crippen LogP contribution in [-0.4, -0.2) is 29.8 Å². The molecule has 0 amide bonds. The second-order valence-corrected chi connectivity index (χ2v) is 7.61. The lowest BCUT2D eigenvalue weighted by molar-refractivity contribution is 0.0686. The van der Waals surface area contributed by atoms with E-state index in [9.17, 15) is 18.3 Å². The number of carboxylic acids is 1. The number of rotatable bonds is 5. The first-order valence-corrected chi connectivity index (χ1v) is 9.12. The molecule has 0 saturated heterocycles. The third kappa shape index (κ3) is 3.25. The number of aromatic nitrogens is 1. The summed E-state index contributed by atoms with van der Waals surface area (Å²) in [5.41, 5.74) is 0.905. The van der Waals surface area contributed by atoms with Crippen molar-refractivity contribution in [1.29, 1.82) is 5.26 Å². The van der Waals surface area contributed by atoms with Crippen LogP contribution in [0.15, 0.2) is 59.5 Å². The molecule has 3 aromatic rings. The lowest BCUT2D eigenvalue weighted by Crippen LogP contribution is -2.16. The molecule has 7 heteroatoms. The molecule has 0 atom stereocenters. The summed E-state index contributed by atoms with van der Waals surface area (Å²) in [6.07, 6.45) is 0. The number of sulfone groups is 1. The van der Waals surface area contributed by atoms with Gasteiger partial charge in [0.05, 0.1) is 27.8 Å². The number of fused-ring (bicyclic) bond motifs is 1. The molecule has 6 nitrogen and oxygen atoms in total. The first kappa shape index (κ1) is 16.7. The standard InChI is InChI=1S/C18H14N2O4S/c19-12-13-6-7-14-11-17(18(21)22)20(16(14)10-13)8-9-25(23,24)15-4-2-1-3-5-15/h1-7,10-11H,8-9H2,(H,21,22). The zero-order chi connectivity index (χ0) is 18.0. The van der Waals surface area contributed by atoms with E-state index in [0.717, 1.165) is 0 Å². The van der Waals surface area contributed by atoms with Crippen LogP contribution < -0.4 is 0 Å². The van der Waals surface area contributed by atoms with Gasteiger partial charge in [0.1, 0.15) is 5.69 Å². The molecule has 0 fully saturated rings. The molecule has 1 aromatic heterocycles. The molecule has 0 saturated carbocycles.